The van der Waals surface area contributed by atoms with Crippen molar-refractivity contribution in [3.63, 3.8) is 0 Å². The molecule has 0 N–H and O–H groups in total. The van der Waals surface area contributed by atoms with E-state index >= 15 is 0 Å². The molecule has 54 heavy (non-hydrogen) atoms. The largest absolute Gasteiger partial charge is 0.294 e. The molecule has 0 radical (unpaired) electrons. The van der Waals surface area contributed by atoms with Gasteiger partial charge < -0.3 is 0 Å². The zero-order valence-corrected chi connectivity index (χ0v) is 35.5. The van der Waals surface area contributed by atoms with Crippen LogP contribution in [0.15, 0.2) is 176 Å². The van der Waals surface area contributed by atoms with Gasteiger partial charge in [-0.1, -0.05) is 173 Å². The molecule has 0 fully saturated rings. The molecule has 0 bridgehead atoms. The molecule has 0 spiro atoms. The second-order valence-electron chi connectivity index (χ2n) is 12.8. The van der Waals surface area contributed by atoms with E-state index in [1.165, 1.54) is 0 Å². The van der Waals surface area contributed by atoms with E-state index in [4.69, 9.17) is 0 Å². The van der Waals surface area contributed by atoms with E-state index in [0.29, 0.717) is 47.9 Å². The normalized spacial score (nSPS) is 10.8. The first-order valence-corrected chi connectivity index (χ1v) is 20.5. The van der Waals surface area contributed by atoms with Crippen molar-refractivity contribution in [1.29, 1.82) is 0 Å². The van der Waals surface area contributed by atoms with E-state index < -0.39 is 0 Å². The smallest absolute Gasteiger partial charge is 0.163 e. The van der Waals surface area contributed by atoms with Gasteiger partial charge in [-0.2, -0.15) is 0 Å². The summed E-state index contributed by atoms with van der Waals surface area (Å²) in [5.74, 6) is -0.142. The summed E-state index contributed by atoms with van der Waals surface area (Å²) in [5, 5.41) is 0. The summed E-state index contributed by atoms with van der Waals surface area (Å²) in [4.78, 5) is 51.1. The van der Waals surface area contributed by atoms with Gasteiger partial charge in [-0.05, 0) is 71.5 Å². The van der Waals surface area contributed by atoms with Crippen LogP contribution in [-0.4, -0.2) is 23.1 Å². The van der Waals surface area contributed by atoms with Crippen LogP contribution in [0.5, 0.6) is 0 Å². The molecule has 6 rings (SSSR count). The Morgan fingerprint density at radius 2 is 0.519 bits per heavy atom. The lowest BCUT2D eigenvalue weighted by atomic mass is 9.86. The fourth-order valence-electron chi connectivity index (χ4n) is 5.98. The molecule has 0 amide bonds. The molecular weight excluding hydrogens is 936 g/mol. The molecule has 0 aliphatic rings. The van der Waals surface area contributed by atoms with Crippen LogP contribution >= 0.6 is 63.7 Å². The third kappa shape index (κ3) is 12.5. The second-order valence-corrected chi connectivity index (χ2v) is 16.4. The van der Waals surface area contributed by atoms with Gasteiger partial charge in [0, 0.05) is 65.8 Å². The Kier molecular flexibility index (Phi) is 15.6. The maximum absolute atomic E-state index is 12.8. The molecule has 0 heterocycles. The van der Waals surface area contributed by atoms with E-state index in [1.807, 2.05) is 158 Å². The Hall–Kier alpha value is -4.08. The van der Waals surface area contributed by atoms with Gasteiger partial charge >= 0.3 is 0 Å². The van der Waals surface area contributed by atoms with Crippen molar-refractivity contribution in [2.75, 3.05) is 0 Å². The summed E-state index contributed by atoms with van der Waals surface area (Å²) < 4.78 is 3.74. The first-order valence-electron chi connectivity index (χ1n) is 17.3. The van der Waals surface area contributed by atoms with Crippen molar-refractivity contribution in [2.45, 2.75) is 37.5 Å². The quantitative estimate of drug-likeness (QED) is 0.102. The Morgan fingerprint density at radius 1 is 0.315 bits per heavy atom. The van der Waals surface area contributed by atoms with Crippen LogP contribution in [0.2, 0.25) is 0 Å². The first-order chi connectivity index (χ1) is 26.0. The zero-order valence-electron chi connectivity index (χ0n) is 29.1. The average molecular weight is 972 g/mol. The van der Waals surface area contributed by atoms with Crippen LogP contribution in [0.4, 0.5) is 0 Å². The lowest BCUT2D eigenvalue weighted by molar-refractivity contribution is 0.0928. The van der Waals surface area contributed by atoms with Crippen molar-refractivity contribution in [1.82, 2.24) is 0 Å². The number of halogens is 4. The van der Waals surface area contributed by atoms with Crippen LogP contribution in [0.3, 0.4) is 0 Å². The zero-order chi connectivity index (χ0) is 38.5. The minimum atomic E-state index is -0.154. The lowest BCUT2D eigenvalue weighted by Gasteiger charge is -2.16. The number of hydrogen-bond donors (Lipinski definition) is 0. The lowest BCUT2D eigenvalue weighted by Crippen LogP contribution is -2.12. The maximum atomic E-state index is 12.8. The van der Waals surface area contributed by atoms with Crippen molar-refractivity contribution in [3.8, 4) is 0 Å². The minimum Gasteiger partial charge on any atom is -0.294 e. The van der Waals surface area contributed by atoms with E-state index in [1.54, 1.807) is 0 Å². The van der Waals surface area contributed by atoms with Gasteiger partial charge in [-0.3, -0.25) is 19.2 Å². The summed E-state index contributed by atoms with van der Waals surface area (Å²) in [5.41, 5.74) is 4.66. The Labute approximate surface area is 349 Å². The number of hydrogen-bond acceptors (Lipinski definition) is 4. The molecule has 0 unspecified atom stereocenters. The van der Waals surface area contributed by atoms with Crippen molar-refractivity contribution in [2.24, 2.45) is 0 Å². The van der Waals surface area contributed by atoms with E-state index in [9.17, 15) is 19.2 Å². The van der Waals surface area contributed by atoms with Gasteiger partial charge in [0.1, 0.15) is 0 Å². The minimum absolute atomic E-state index is 0.0416. The summed E-state index contributed by atoms with van der Waals surface area (Å²) in [6, 6.07) is 48.9. The fourth-order valence-corrected chi connectivity index (χ4v) is 7.03. The van der Waals surface area contributed by atoms with Crippen LogP contribution < -0.4 is 0 Å². The van der Waals surface area contributed by atoms with E-state index in [2.05, 4.69) is 63.7 Å². The van der Waals surface area contributed by atoms with Gasteiger partial charge in [-0.25, -0.2) is 0 Å². The summed E-state index contributed by atoms with van der Waals surface area (Å²) in [6.07, 6.45) is 1.20. The molecule has 0 atom stereocenters. The standard InChI is InChI=1S/2C23H18Br2O2/c2*24-20-10-6-17(7-11-20)22(26)14-19(16-4-2-1-3-5-16)15-23(27)18-8-12-21(25)13-9-18/h2*1-13,19H,14-15H2. The summed E-state index contributed by atoms with van der Waals surface area (Å²) in [6.45, 7) is 0. The Morgan fingerprint density at radius 3 is 0.722 bits per heavy atom. The molecule has 0 saturated carbocycles. The van der Waals surface area contributed by atoms with Gasteiger partial charge in [0.05, 0.1) is 0 Å². The first kappa shape index (κ1) is 41.1. The van der Waals surface area contributed by atoms with Crippen LogP contribution in [0.1, 0.15) is 90.1 Å². The summed E-state index contributed by atoms with van der Waals surface area (Å²) in [7, 11) is 0. The number of ketones is 4. The van der Waals surface area contributed by atoms with E-state index in [0.717, 1.165) is 29.0 Å². The third-order valence-electron chi connectivity index (χ3n) is 8.93. The monoisotopic (exact) mass is 968 g/mol. The highest BCUT2D eigenvalue weighted by Gasteiger charge is 2.23. The highest BCUT2D eigenvalue weighted by Crippen LogP contribution is 2.29. The molecule has 0 aliphatic carbocycles. The molecule has 0 saturated heterocycles. The molecule has 0 aromatic heterocycles. The van der Waals surface area contributed by atoms with Crippen molar-refractivity contribution >= 4 is 86.9 Å². The number of rotatable bonds is 14. The van der Waals surface area contributed by atoms with Gasteiger partial charge in [0.2, 0.25) is 0 Å². The molecule has 4 nitrogen and oxygen atoms in total. The number of carbonyl (C=O) groups excluding carboxylic acids is 4. The van der Waals surface area contributed by atoms with Crippen LogP contribution in [-0.2, 0) is 0 Å². The summed E-state index contributed by atoms with van der Waals surface area (Å²) >= 11 is 13.5. The second kappa shape index (κ2) is 20.6. The Balaban J connectivity index is 0.000000208. The van der Waals surface area contributed by atoms with Crippen LogP contribution in [0, 0.1) is 0 Å². The predicted octanol–water partition coefficient (Wildman–Crippen LogP) is 13.7. The number of carbonyl (C=O) groups is 4. The Bertz CT molecular complexity index is 1870. The van der Waals surface area contributed by atoms with Crippen molar-refractivity contribution in [3.05, 3.63) is 209 Å². The maximum Gasteiger partial charge on any atom is 0.163 e. The van der Waals surface area contributed by atoms with Gasteiger partial charge in [0.25, 0.3) is 0 Å². The number of Topliss-reactive ketones (excluding diaryl/α,β-unsaturated/α-hetero) is 4. The van der Waals surface area contributed by atoms with Gasteiger partial charge in [0.15, 0.2) is 23.1 Å². The molecule has 8 heteroatoms. The molecule has 6 aromatic rings. The molecule has 0 aliphatic heterocycles. The predicted molar refractivity (Wildman–Crippen MR) is 231 cm³/mol. The average Bonchev–Trinajstić information content (AvgIpc) is 3.19. The van der Waals surface area contributed by atoms with Gasteiger partial charge in [-0.15, -0.1) is 0 Å². The van der Waals surface area contributed by atoms with Crippen LogP contribution in [0.25, 0.3) is 0 Å². The molecular formula is C46H36Br4O4. The fraction of sp³-hybridized carbons (Fsp3) is 0.130. The highest BCUT2D eigenvalue weighted by molar-refractivity contribution is 9.11. The van der Waals surface area contributed by atoms with E-state index in [-0.39, 0.29) is 35.0 Å². The SMILES string of the molecule is O=C(CC(CC(=O)c1ccc(Br)cc1)c1ccccc1)c1ccc(Br)cc1.O=C(CC(CC(=O)c1ccc(Br)cc1)c1ccccc1)c1ccc(Br)cc1. The topological polar surface area (TPSA) is 68.3 Å². The molecule has 6 aromatic carbocycles. The highest BCUT2D eigenvalue weighted by atomic mass is 79.9. The van der Waals surface area contributed by atoms with Crippen molar-refractivity contribution < 1.29 is 19.2 Å². The number of benzene rings is 6. The third-order valence-corrected chi connectivity index (χ3v) is 11.0. The molecule has 272 valence electrons.